The van der Waals surface area contributed by atoms with Crippen LogP contribution in [0.2, 0.25) is 0 Å². The highest BCUT2D eigenvalue weighted by atomic mass is 16.5. The average Bonchev–Trinajstić information content (AvgIpc) is 3.27. The number of hydrogen-bond donors (Lipinski definition) is 2. The number of aromatic nitrogens is 4. The first-order valence-electron chi connectivity index (χ1n) is 9.77. The molecule has 3 heterocycles. The van der Waals surface area contributed by atoms with E-state index >= 15 is 0 Å². The molecule has 2 N–H and O–H groups in total. The van der Waals surface area contributed by atoms with Gasteiger partial charge in [-0.3, -0.25) is 9.36 Å². The Morgan fingerprint density at radius 3 is 3.00 bits per heavy atom. The smallest absolute Gasteiger partial charge is 0.248 e. The van der Waals surface area contributed by atoms with Gasteiger partial charge in [0, 0.05) is 29.6 Å². The minimum Gasteiger partial charge on any atom is -0.370 e. The number of carbonyl (C=O) groups excluding carboxylic acids is 1. The Morgan fingerprint density at radius 1 is 1.39 bits per heavy atom. The molecular weight excluding hydrogens is 354 g/mol. The maximum Gasteiger partial charge on any atom is 0.248 e. The van der Waals surface area contributed by atoms with Gasteiger partial charge in [-0.1, -0.05) is 25.5 Å². The number of ether oxygens (including phenoxy) is 1. The summed E-state index contributed by atoms with van der Waals surface area (Å²) >= 11 is 0. The highest BCUT2D eigenvalue weighted by Gasteiger charge is 2.42. The highest BCUT2D eigenvalue weighted by molar-refractivity contribution is 5.85. The number of benzene rings is 1. The van der Waals surface area contributed by atoms with Gasteiger partial charge in [0.1, 0.15) is 18.0 Å². The Bertz CT molecular complexity index is 1020. The molecule has 0 radical (unpaired) electrons. The van der Waals surface area contributed by atoms with Crippen LogP contribution in [-0.2, 0) is 28.1 Å². The minimum absolute atomic E-state index is 0.0637. The van der Waals surface area contributed by atoms with Crippen LogP contribution in [0, 0.1) is 6.92 Å². The first-order chi connectivity index (χ1) is 13.4. The topological polar surface area (TPSA) is 84.8 Å². The molecule has 1 aliphatic rings. The van der Waals surface area contributed by atoms with Gasteiger partial charge < -0.3 is 15.0 Å². The number of carbonyl (C=O) groups is 1. The second-order valence-electron chi connectivity index (χ2n) is 8.10. The van der Waals surface area contributed by atoms with Crippen LogP contribution < -0.4 is 5.32 Å². The van der Waals surface area contributed by atoms with E-state index in [1.807, 2.05) is 17.7 Å². The summed E-state index contributed by atoms with van der Waals surface area (Å²) in [6.07, 6.45) is 2.79. The lowest BCUT2D eigenvalue weighted by Crippen LogP contribution is -2.53. The number of H-pyrrole nitrogens is 1. The van der Waals surface area contributed by atoms with E-state index in [0.717, 1.165) is 17.8 Å². The summed E-state index contributed by atoms with van der Waals surface area (Å²) in [5.41, 5.74) is 2.71. The average molecular weight is 381 g/mol. The lowest BCUT2D eigenvalue weighted by Gasteiger charge is -2.35. The van der Waals surface area contributed by atoms with E-state index < -0.39 is 5.54 Å². The molecule has 7 nitrogen and oxygen atoms in total. The molecular formula is C21H27N5O2. The number of fused-ring (bicyclic) bond motifs is 2. The highest BCUT2D eigenvalue weighted by Crippen LogP contribution is 2.29. The van der Waals surface area contributed by atoms with E-state index in [9.17, 15) is 4.79 Å². The third-order valence-corrected chi connectivity index (χ3v) is 5.47. The van der Waals surface area contributed by atoms with Crippen LogP contribution in [0.4, 0.5) is 0 Å². The largest absolute Gasteiger partial charge is 0.370 e. The molecule has 3 aromatic rings. The zero-order chi connectivity index (χ0) is 19.9. The molecule has 0 saturated carbocycles. The van der Waals surface area contributed by atoms with Gasteiger partial charge in [-0.2, -0.15) is 0 Å². The van der Waals surface area contributed by atoms with Crippen LogP contribution >= 0.6 is 0 Å². The molecule has 1 atom stereocenters. The van der Waals surface area contributed by atoms with Crippen molar-refractivity contribution < 1.29 is 9.53 Å². The zero-order valence-electron chi connectivity index (χ0n) is 16.9. The molecule has 28 heavy (non-hydrogen) atoms. The Balaban J connectivity index is 1.50. The maximum atomic E-state index is 13.1. The van der Waals surface area contributed by atoms with Crippen LogP contribution in [0.1, 0.15) is 49.5 Å². The van der Waals surface area contributed by atoms with Gasteiger partial charge in [-0.15, -0.1) is 10.2 Å². The lowest BCUT2D eigenvalue weighted by molar-refractivity contribution is -0.135. The normalized spacial score (nSPS) is 19.2. The molecule has 0 saturated heterocycles. The summed E-state index contributed by atoms with van der Waals surface area (Å²) in [6, 6.07) is 6.36. The monoisotopic (exact) mass is 381 g/mol. The van der Waals surface area contributed by atoms with Crippen molar-refractivity contribution in [1.82, 2.24) is 25.1 Å². The lowest BCUT2D eigenvalue weighted by atomic mass is 9.98. The standard InChI is InChI=1S/C21H27N5O2/c1-13(2)19-25-24-18-11-28-12-21(4,26(18)19)20(27)22-8-7-15-10-23-17-6-5-14(3)9-16(15)17/h5-6,9-10,13,23H,7-8,11-12H2,1-4H3,(H,22,27). The van der Waals surface area contributed by atoms with E-state index in [4.69, 9.17) is 4.74 Å². The maximum absolute atomic E-state index is 13.1. The number of nitrogens with zero attached hydrogens (tertiary/aromatic N) is 3. The van der Waals surface area contributed by atoms with E-state index in [1.54, 1.807) is 0 Å². The zero-order valence-corrected chi connectivity index (χ0v) is 16.9. The van der Waals surface area contributed by atoms with Crippen LogP contribution in [0.3, 0.4) is 0 Å². The quantitative estimate of drug-likeness (QED) is 0.712. The first kappa shape index (κ1) is 18.7. The van der Waals surface area contributed by atoms with E-state index in [2.05, 4.69) is 59.5 Å². The summed E-state index contributed by atoms with van der Waals surface area (Å²) in [4.78, 5) is 16.4. The predicted molar refractivity (Wildman–Crippen MR) is 107 cm³/mol. The van der Waals surface area contributed by atoms with Crippen LogP contribution in [0.5, 0.6) is 0 Å². The van der Waals surface area contributed by atoms with E-state index in [0.29, 0.717) is 25.6 Å². The molecule has 7 heteroatoms. The van der Waals surface area contributed by atoms with Gasteiger partial charge in [0.15, 0.2) is 5.82 Å². The molecule has 1 unspecified atom stereocenters. The molecule has 0 spiro atoms. The van der Waals surface area contributed by atoms with Gasteiger partial charge in [0.2, 0.25) is 5.91 Å². The third kappa shape index (κ3) is 3.09. The SMILES string of the molecule is Cc1ccc2[nH]cc(CCNC(=O)C3(C)COCc4nnc(C(C)C)n43)c2c1. The summed E-state index contributed by atoms with van der Waals surface area (Å²) in [7, 11) is 0. The van der Waals surface area contributed by atoms with E-state index in [-0.39, 0.29) is 11.8 Å². The second kappa shape index (κ2) is 7.05. The number of hydrogen-bond acceptors (Lipinski definition) is 4. The van der Waals surface area contributed by atoms with Crippen molar-refractivity contribution in [3.8, 4) is 0 Å². The fourth-order valence-electron chi connectivity index (χ4n) is 3.91. The Morgan fingerprint density at radius 2 is 2.21 bits per heavy atom. The third-order valence-electron chi connectivity index (χ3n) is 5.47. The Kier molecular flexibility index (Phi) is 4.71. The minimum atomic E-state index is -0.840. The Hall–Kier alpha value is -2.67. The van der Waals surface area contributed by atoms with Crippen molar-refractivity contribution in [3.63, 3.8) is 0 Å². The van der Waals surface area contributed by atoms with Crippen LogP contribution in [0.15, 0.2) is 24.4 Å². The summed E-state index contributed by atoms with van der Waals surface area (Å²) in [5.74, 6) is 1.65. The van der Waals surface area contributed by atoms with Gasteiger partial charge in [-0.05, 0) is 38.0 Å². The molecule has 1 aliphatic heterocycles. The van der Waals surface area contributed by atoms with Crippen molar-refractivity contribution >= 4 is 16.8 Å². The van der Waals surface area contributed by atoms with Crippen molar-refractivity contribution in [2.75, 3.05) is 13.2 Å². The van der Waals surface area contributed by atoms with Crippen molar-refractivity contribution in [3.05, 3.63) is 47.2 Å². The molecule has 1 aromatic carbocycles. The van der Waals surface area contributed by atoms with Crippen molar-refractivity contribution in [2.45, 2.75) is 52.2 Å². The van der Waals surface area contributed by atoms with Crippen LogP contribution in [-0.4, -0.2) is 38.8 Å². The van der Waals surface area contributed by atoms with Gasteiger partial charge in [0.25, 0.3) is 0 Å². The number of aromatic amines is 1. The molecule has 4 rings (SSSR count). The number of rotatable bonds is 5. The summed E-state index contributed by atoms with van der Waals surface area (Å²) in [6.45, 7) is 9.37. The number of aryl methyl sites for hydroxylation is 1. The van der Waals surface area contributed by atoms with Crippen LogP contribution in [0.25, 0.3) is 10.9 Å². The van der Waals surface area contributed by atoms with E-state index in [1.165, 1.54) is 16.5 Å². The molecule has 148 valence electrons. The van der Waals surface area contributed by atoms with Gasteiger partial charge in [0.05, 0.1) is 6.61 Å². The van der Waals surface area contributed by atoms with Gasteiger partial charge in [-0.25, -0.2) is 0 Å². The second-order valence-corrected chi connectivity index (χ2v) is 8.10. The summed E-state index contributed by atoms with van der Waals surface area (Å²) in [5, 5.41) is 12.8. The van der Waals surface area contributed by atoms with Gasteiger partial charge >= 0.3 is 0 Å². The first-order valence-corrected chi connectivity index (χ1v) is 9.77. The number of nitrogens with one attached hydrogen (secondary N) is 2. The molecule has 1 amide bonds. The molecule has 0 fully saturated rings. The molecule has 0 bridgehead atoms. The fraction of sp³-hybridized carbons (Fsp3) is 0.476. The number of amides is 1. The fourth-order valence-corrected chi connectivity index (χ4v) is 3.91. The molecule has 0 aliphatic carbocycles. The van der Waals surface area contributed by atoms with Crippen molar-refractivity contribution in [2.24, 2.45) is 0 Å². The van der Waals surface area contributed by atoms with Crippen molar-refractivity contribution in [1.29, 1.82) is 0 Å². The molecule has 2 aromatic heterocycles. The summed E-state index contributed by atoms with van der Waals surface area (Å²) < 4.78 is 7.62. The Labute approximate surface area is 164 Å². The predicted octanol–water partition coefficient (Wildman–Crippen LogP) is 2.80.